The zero-order valence-electron chi connectivity index (χ0n) is 11.7. The average Bonchev–Trinajstić information content (AvgIpc) is 2.67. The maximum atomic E-state index is 11.9. The van der Waals surface area contributed by atoms with E-state index in [1.807, 2.05) is 0 Å². The first-order chi connectivity index (χ1) is 8.64. The summed E-state index contributed by atoms with van der Waals surface area (Å²) in [6.07, 6.45) is 0.886. The van der Waals surface area contributed by atoms with E-state index in [0.29, 0.717) is 13.1 Å². The van der Waals surface area contributed by atoms with Gasteiger partial charge in [-0.2, -0.15) is 0 Å². The van der Waals surface area contributed by atoms with Crippen molar-refractivity contribution in [3.05, 3.63) is 11.1 Å². The highest BCUT2D eigenvalue weighted by atomic mass is 16.4. The monoisotopic (exact) mass is 268 g/mol. The molecule has 0 spiro atoms. The van der Waals surface area contributed by atoms with Crippen LogP contribution >= 0.6 is 0 Å². The van der Waals surface area contributed by atoms with Crippen LogP contribution in [0.3, 0.4) is 0 Å². The lowest BCUT2D eigenvalue weighted by molar-refractivity contribution is -0.133. The summed E-state index contributed by atoms with van der Waals surface area (Å²) in [5.41, 5.74) is 0.0359. The molecule has 0 aliphatic carbocycles. The third-order valence-corrected chi connectivity index (χ3v) is 3.41. The number of carbonyl (C=O) groups is 3. The van der Waals surface area contributed by atoms with Crippen molar-refractivity contribution in [2.45, 2.75) is 34.1 Å². The molecular formula is C13H20N2O4. The highest BCUT2D eigenvalue weighted by Gasteiger charge is 2.32. The minimum Gasteiger partial charge on any atom is -0.478 e. The molecule has 19 heavy (non-hydrogen) atoms. The van der Waals surface area contributed by atoms with E-state index in [1.54, 1.807) is 4.90 Å². The number of hydrogen-bond acceptors (Lipinski definition) is 3. The normalized spacial score (nSPS) is 18.8. The van der Waals surface area contributed by atoms with Crippen molar-refractivity contribution in [2.24, 2.45) is 5.41 Å². The van der Waals surface area contributed by atoms with Crippen LogP contribution in [0.15, 0.2) is 11.1 Å². The second-order valence-corrected chi connectivity index (χ2v) is 5.65. The fourth-order valence-electron chi connectivity index (χ4n) is 1.89. The first kappa shape index (κ1) is 15.2. The van der Waals surface area contributed by atoms with Crippen molar-refractivity contribution in [1.82, 2.24) is 10.2 Å². The van der Waals surface area contributed by atoms with E-state index in [-0.39, 0.29) is 16.6 Å². The summed E-state index contributed by atoms with van der Waals surface area (Å²) in [6, 6.07) is -0.465. The van der Waals surface area contributed by atoms with Crippen LogP contribution in [-0.2, 0) is 9.59 Å². The summed E-state index contributed by atoms with van der Waals surface area (Å²) < 4.78 is 0. The van der Waals surface area contributed by atoms with E-state index in [1.165, 1.54) is 13.8 Å². The number of amides is 3. The molecule has 0 aromatic carbocycles. The molecule has 0 unspecified atom stereocenters. The number of aliphatic carboxylic acids is 1. The highest BCUT2D eigenvalue weighted by Crippen LogP contribution is 2.28. The number of urea groups is 1. The molecule has 6 nitrogen and oxygen atoms in total. The molecule has 0 aromatic rings. The van der Waals surface area contributed by atoms with Crippen LogP contribution in [0.1, 0.15) is 34.1 Å². The Morgan fingerprint density at radius 1 is 1.16 bits per heavy atom. The van der Waals surface area contributed by atoms with E-state index in [4.69, 9.17) is 5.11 Å². The number of nitrogens with zero attached hydrogens (tertiary/aromatic N) is 1. The number of likely N-dealkylation sites (tertiary alicyclic amines) is 1. The molecule has 1 heterocycles. The molecule has 0 radical (unpaired) electrons. The molecule has 6 heteroatoms. The minimum absolute atomic E-state index is 0.0410. The van der Waals surface area contributed by atoms with E-state index in [9.17, 15) is 14.4 Å². The van der Waals surface area contributed by atoms with Gasteiger partial charge in [0.1, 0.15) is 0 Å². The van der Waals surface area contributed by atoms with Crippen LogP contribution in [0.2, 0.25) is 0 Å². The molecule has 2 N–H and O–H groups in total. The summed E-state index contributed by atoms with van der Waals surface area (Å²) in [5, 5.41) is 11.0. The van der Waals surface area contributed by atoms with Gasteiger partial charge in [-0.1, -0.05) is 13.8 Å². The molecule has 0 saturated carbocycles. The standard InChI is InChI=1S/C13H20N2O4/c1-8(9(2)11(17)18)10(16)14-12(19)15-6-5-13(3,4)7-15/h5-7H2,1-4H3,(H,17,18)(H,14,16,19). The third-order valence-electron chi connectivity index (χ3n) is 3.41. The second-order valence-electron chi connectivity index (χ2n) is 5.65. The lowest BCUT2D eigenvalue weighted by Crippen LogP contribution is -2.42. The van der Waals surface area contributed by atoms with Crippen LogP contribution in [-0.4, -0.2) is 41.0 Å². The molecule has 1 aliphatic heterocycles. The number of imide groups is 1. The zero-order chi connectivity index (χ0) is 14.8. The van der Waals surface area contributed by atoms with Crippen LogP contribution in [0.4, 0.5) is 4.79 Å². The molecule has 3 amide bonds. The van der Waals surface area contributed by atoms with Crippen LogP contribution in [0.5, 0.6) is 0 Å². The number of rotatable bonds is 2. The molecule has 0 bridgehead atoms. The van der Waals surface area contributed by atoms with Gasteiger partial charge in [-0.15, -0.1) is 0 Å². The number of nitrogens with one attached hydrogen (secondary N) is 1. The van der Waals surface area contributed by atoms with Gasteiger partial charge in [-0.05, 0) is 25.7 Å². The van der Waals surface area contributed by atoms with Crippen molar-refractivity contribution in [3.63, 3.8) is 0 Å². The highest BCUT2D eigenvalue weighted by molar-refractivity contribution is 6.07. The summed E-state index contributed by atoms with van der Waals surface area (Å²) in [6.45, 7) is 8.03. The van der Waals surface area contributed by atoms with Crippen molar-refractivity contribution in [3.8, 4) is 0 Å². The third kappa shape index (κ3) is 3.81. The fourth-order valence-corrected chi connectivity index (χ4v) is 1.89. The Bertz CT molecular complexity index is 452. The van der Waals surface area contributed by atoms with Crippen molar-refractivity contribution in [1.29, 1.82) is 0 Å². The zero-order valence-corrected chi connectivity index (χ0v) is 11.7. The van der Waals surface area contributed by atoms with Gasteiger partial charge in [0.25, 0.3) is 5.91 Å². The largest absolute Gasteiger partial charge is 0.478 e. The Morgan fingerprint density at radius 3 is 2.16 bits per heavy atom. The predicted octanol–water partition coefficient (Wildman–Crippen LogP) is 1.38. The van der Waals surface area contributed by atoms with Gasteiger partial charge in [0.05, 0.1) is 0 Å². The molecule has 0 atom stereocenters. The van der Waals surface area contributed by atoms with E-state index in [0.717, 1.165) is 6.42 Å². The van der Waals surface area contributed by atoms with Gasteiger partial charge < -0.3 is 10.0 Å². The van der Waals surface area contributed by atoms with E-state index in [2.05, 4.69) is 19.2 Å². The summed E-state index contributed by atoms with van der Waals surface area (Å²) in [7, 11) is 0. The quantitative estimate of drug-likeness (QED) is 0.741. The van der Waals surface area contributed by atoms with Crippen molar-refractivity contribution in [2.75, 3.05) is 13.1 Å². The SMILES string of the molecule is CC(C(=O)O)=C(C)C(=O)NC(=O)N1CCC(C)(C)C1. The number of carboxylic acids is 1. The van der Waals surface area contributed by atoms with Gasteiger partial charge in [-0.25, -0.2) is 9.59 Å². The maximum absolute atomic E-state index is 11.9. The lowest BCUT2D eigenvalue weighted by Gasteiger charge is -2.20. The number of hydrogen-bond donors (Lipinski definition) is 2. The van der Waals surface area contributed by atoms with E-state index >= 15 is 0 Å². The van der Waals surface area contributed by atoms with Gasteiger partial charge in [0.2, 0.25) is 0 Å². The first-order valence-corrected chi connectivity index (χ1v) is 6.15. The van der Waals surface area contributed by atoms with Crippen LogP contribution < -0.4 is 5.32 Å². The second kappa shape index (κ2) is 5.42. The number of carboxylic acid groups (broad SMARTS) is 1. The Balaban J connectivity index is 2.66. The summed E-state index contributed by atoms with van der Waals surface area (Å²) >= 11 is 0. The predicted molar refractivity (Wildman–Crippen MR) is 69.5 cm³/mol. The van der Waals surface area contributed by atoms with Gasteiger partial charge >= 0.3 is 12.0 Å². The fraction of sp³-hybridized carbons (Fsp3) is 0.615. The van der Waals surface area contributed by atoms with Gasteiger partial charge in [0, 0.05) is 24.2 Å². The first-order valence-electron chi connectivity index (χ1n) is 6.15. The van der Waals surface area contributed by atoms with Gasteiger partial charge in [-0.3, -0.25) is 10.1 Å². The molecule has 1 rings (SSSR count). The molecule has 1 saturated heterocycles. The number of carbonyl (C=O) groups excluding carboxylic acids is 2. The molecular weight excluding hydrogens is 248 g/mol. The van der Waals surface area contributed by atoms with E-state index < -0.39 is 17.9 Å². The van der Waals surface area contributed by atoms with Crippen molar-refractivity contribution >= 4 is 17.9 Å². The van der Waals surface area contributed by atoms with Gasteiger partial charge in [0.15, 0.2) is 0 Å². The minimum atomic E-state index is -1.16. The summed E-state index contributed by atoms with van der Waals surface area (Å²) in [5.74, 6) is -1.82. The molecule has 1 fully saturated rings. The maximum Gasteiger partial charge on any atom is 0.331 e. The smallest absolute Gasteiger partial charge is 0.331 e. The Kier molecular flexibility index (Phi) is 4.34. The van der Waals surface area contributed by atoms with Crippen LogP contribution in [0, 0.1) is 5.41 Å². The molecule has 0 aromatic heterocycles. The van der Waals surface area contributed by atoms with Crippen molar-refractivity contribution < 1.29 is 19.5 Å². The lowest BCUT2D eigenvalue weighted by atomic mass is 9.93. The molecule has 1 aliphatic rings. The topological polar surface area (TPSA) is 86.7 Å². The Hall–Kier alpha value is -1.85. The van der Waals surface area contributed by atoms with Crippen LogP contribution in [0.25, 0.3) is 0 Å². The molecule has 106 valence electrons. The Labute approximate surface area is 112 Å². The summed E-state index contributed by atoms with van der Waals surface area (Å²) in [4.78, 5) is 35.9. The Morgan fingerprint density at radius 2 is 1.74 bits per heavy atom. The average molecular weight is 268 g/mol.